The second-order valence-corrected chi connectivity index (χ2v) is 4.78. The number of carbonyl (C=O) groups excluding carboxylic acids is 1. The standard InChI is InChI=1S/C11H13N3OS/c1-7-11(5-15)8(2)14(13-7)4-10-6-16-9(3)12-10/h5-6H,4H2,1-3H3. The zero-order chi connectivity index (χ0) is 11.7. The number of aldehydes is 1. The van der Waals surface area contributed by atoms with Crippen LogP contribution in [0.3, 0.4) is 0 Å². The minimum absolute atomic E-state index is 0.630. The first-order valence-electron chi connectivity index (χ1n) is 5.02. The maximum Gasteiger partial charge on any atom is 0.153 e. The molecule has 2 rings (SSSR count). The smallest absolute Gasteiger partial charge is 0.153 e. The van der Waals surface area contributed by atoms with Gasteiger partial charge in [-0.1, -0.05) is 0 Å². The van der Waals surface area contributed by atoms with Gasteiger partial charge >= 0.3 is 0 Å². The molecule has 0 amide bonds. The summed E-state index contributed by atoms with van der Waals surface area (Å²) in [6, 6.07) is 0. The maximum atomic E-state index is 10.9. The van der Waals surface area contributed by atoms with Crippen molar-refractivity contribution in [2.75, 3.05) is 0 Å². The van der Waals surface area contributed by atoms with Crippen LogP contribution in [0.15, 0.2) is 5.38 Å². The van der Waals surface area contributed by atoms with E-state index in [1.165, 1.54) is 0 Å². The Hall–Kier alpha value is -1.49. The van der Waals surface area contributed by atoms with E-state index in [1.54, 1.807) is 11.3 Å². The summed E-state index contributed by atoms with van der Waals surface area (Å²) in [5.74, 6) is 0. The summed E-state index contributed by atoms with van der Waals surface area (Å²) in [7, 11) is 0. The zero-order valence-corrected chi connectivity index (χ0v) is 10.3. The van der Waals surface area contributed by atoms with E-state index in [1.807, 2.05) is 30.8 Å². The van der Waals surface area contributed by atoms with E-state index in [0.29, 0.717) is 12.1 Å². The molecule has 0 spiro atoms. The molecule has 0 aliphatic carbocycles. The lowest BCUT2D eigenvalue weighted by molar-refractivity contribution is 0.112. The average Bonchev–Trinajstić information content (AvgIpc) is 2.74. The highest BCUT2D eigenvalue weighted by atomic mass is 32.1. The van der Waals surface area contributed by atoms with E-state index in [0.717, 1.165) is 28.4 Å². The number of hydrogen-bond donors (Lipinski definition) is 0. The Kier molecular flexibility index (Phi) is 2.87. The van der Waals surface area contributed by atoms with E-state index < -0.39 is 0 Å². The van der Waals surface area contributed by atoms with E-state index in [2.05, 4.69) is 10.1 Å². The lowest BCUT2D eigenvalue weighted by atomic mass is 10.2. The zero-order valence-electron chi connectivity index (χ0n) is 9.52. The van der Waals surface area contributed by atoms with Crippen LogP contribution < -0.4 is 0 Å². The van der Waals surface area contributed by atoms with Crippen molar-refractivity contribution in [3.63, 3.8) is 0 Å². The maximum absolute atomic E-state index is 10.9. The van der Waals surface area contributed by atoms with Crippen molar-refractivity contribution in [1.29, 1.82) is 0 Å². The highest BCUT2D eigenvalue weighted by Gasteiger charge is 2.11. The number of aromatic nitrogens is 3. The Balaban J connectivity index is 2.31. The van der Waals surface area contributed by atoms with Crippen LogP contribution in [0, 0.1) is 20.8 Å². The first-order valence-corrected chi connectivity index (χ1v) is 5.90. The molecule has 0 aliphatic rings. The Morgan fingerprint density at radius 2 is 2.19 bits per heavy atom. The molecule has 0 N–H and O–H groups in total. The van der Waals surface area contributed by atoms with Gasteiger partial charge < -0.3 is 0 Å². The number of nitrogens with zero attached hydrogens (tertiary/aromatic N) is 3. The normalized spacial score (nSPS) is 10.7. The molecule has 2 aromatic heterocycles. The highest BCUT2D eigenvalue weighted by Crippen LogP contribution is 2.14. The molecular formula is C11H13N3OS. The van der Waals surface area contributed by atoms with Crippen molar-refractivity contribution in [2.45, 2.75) is 27.3 Å². The molecule has 2 aromatic rings. The van der Waals surface area contributed by atoms with Crippen LogP contribution in [-0.4, -0.2) is 21.1 Å². The molecule has 5 heteroatoms. The largest absolute Gasteiger partial charge is 0.298 e. The van der Waals surface area contributed by atoms with E-state index >= 15 is 0 Å². The number of rotatable bonds is 3. The predicted octanol–water partition coefficient (Wildman–Crippen LogP) is 2.13. The molecule has 2 heterocycles. The van der Waals surface area contributed by atoms with Gasteiger partial charge in [0.25, 0.3) is 0 Å². The second-order valence-electron chi connectivity index (χ2n) is 3.72. The summed E-state index contributed by atoms with van der Waals surface area (Å²) in [4.78, 5) is 15.2. The van der Waals surface area contributed by atoms with Crippen LogP contribution >= 0.6 is 11.3 Å². The summed E-state index contributed by atoms with van der Waals surface area (Å²) >= 11 is 1.62. The van der Waals surface area contributed by atoms with Gasteiger partial charge in [-0.2, -0.15) is 5.10 Å². The number of aryl methyl sites for hydroxylation is 2. The Morgan fingerprint density at radius 1 is 1.44 bits per heavy atom. The van der Waals surface area contributed by atoms with Gasteiger partial charge in [-0.3, -0.25) is 9.48 Å². The molecule has 0 bridgehead atoms. The molecule has 0 aromatic carbocycles. The molecule has 4 nitrogen and oxygen atoms in total. The molecule has 0 saturated heterocycles. The highest BCUT2D eigenvalue weighted by molar-refractivity contribution is 7.09. The molecule has 0 radical (unpaired) electrons. The minimum atomic E-state index is 0.630. The van der Waals surface area contributed by atoms with Crippen molar-refractivity contribution < 1.29 is 4.79 Å². The van der Waals surface area contributed by atoms with Gasteiger partial charge in [-0.05, 0) is 20.8 Å². The topological polar surface area (TPSA) is 47.8 Å². The van der Waals surface area contributed by atoms with Crippen molar-refractivity contribution in [3.8, 4) is 0 Å². The van der Waals surface area contributed by atoms with Crippen LogP contribution in [-0.2, 0) is 6.54 Å². The summed E-state index contributed by atoms with van der Waals surface area (Å²) in [5.41, 5.74) is 3.36. The molecule has 0 saturated carbocycles. The Morgan fingerprint density at radius 3 is 2.69 bits per heavy atom. The Labute approximate surface area is 97.9 Å². The number of hydrogen-bond acceptors (Lipinski definition) is 4. The quantitative estimate of drug-likeness (QED) is 0.766. The molecule has 0 unspecified atom stereocenters. The van der Waals surface area contributed by atoms with Gasteiger partial charge in [-0.25, -0.2) is 4.98 Å². The summed E-state index contributed by atoms with van der Waals surface area (Å²) in [6.07, 6.45) is 0.862. The van der Waals surface area contributed by atoms with Crippen LogP contribution in [0.1, 0.15) is 32.4 Å². The SMILES string of the molecule is Cc1nc(Cn2nc(C)c(C=O)c2C)cs1. The number of thiazole rings is 1. The fourth-order valence-corrected chi connectivity index (χ4v) is 2.27. The van der Waals surface area contributed by atoms with Gasteiger partial charge in [0.05, 0.1) is 28.5 Å². The average molecular weight is 235 g/mol. The van der Waals surface area contributed by atoms with Crippen molar-refractivity contribution in [3.05, 3.63) is 33.0 Å². The van der Waals surface area contributed by atoms with Gasteiger partial charge in [-0.15, -0.1) is 11.3 Å². The third kappa shape index (κ3) is 1.90. The predicted molar refractivity (Wildman–Crippen MR) is 63.0 cm³/mol. The minimum Gasteiger partial charge on any atom is -0.298 e. The summed E-state index contributed by atoms with van der Waals surface area (Å²) < 4.78 is 1.83. The van der Waals surface area contributed by atoms with Gasteiger partial charge in [0.1, 0.15) is 0 Å². The van der Waals surface area contributed by atoms with Gasteiger partial charge in [0.15, 0.2) is 6.29 Å². The van der Waals surface area contributed by atoms with Gasteiger partial charge in [0, 0.05) is 11.1 Å². The second kappa shape index (κ2) is 4.17. The summed E-state index contributed by atoms with van der Waals surface area (Å²) in [6.45, 7) is 6.36. The third-order valence-electron chi connectivity index (χ3n) is 2.53. The lowest BCUT2D eigenvalue weighted by Gasteiger charge is -2.00. The van der Waals surface area contributed by atoms with Crippen LogP contribution in [0.5, 0.6) is 0 Å². The molecule has 84 valence electrons. The molecule has 0 aliphatic heterocycles. The molecular weight excluding hydrogens is 222 g/mol. The third-order valence-corrected chi connectivity index (χ3v) is 3.36. The first kappa shape index (κ1) is 11.0. The van der Waals surface area contributed by atoms with Crippen LogP contribution in [0.2, 0.25) is 0 Å². The fraction of sp³-hybridized carbons (Fsp3) is 0.364. The van der Waals surface area contributed by atoms with Crippen molar-refractivity contribution >= 4 is 17.6 Å². The van der Waals surface area contributed by atoms with Crippen LogP contribution in [0.25, 0.3) is 0 Å². The van der Waals surface area contributed by atoms with Crippen LogP contribution in [0.4, 0.5) is 0 Å². The van der Waals surface area contributed by atoms with Crippen molar-refractivity contribution in [1.82, 2.24) is 14.8 Å². The monoisotopic (exact) mass is 235 g/mol. The molecule has 0 atom stereocenters. The van der Waals surface area contributed by atoms with Crippen molar-refractivity contribution in [2.24, 2.45) is 0 Å². The number of carbonyl (C=O) groups is 1. The van der Waals surface area contributed by atoms with E-state index in [-0.39, 0.29) is 0 Å². The summed E-state index contributed by atoms with van der Waals surface area (Å²) in [5, 5.41) is 7.40. The molecule has 16 heavy (non-hydrogen) atoms. The Bertz CT molecular complexity index is 527. The fourth-order valence-electron chi connectivity index (χ4n) is 1.67. The molecule has 0 fully saturated rings. The van der Waals surface area contributed by atoms with Gasteiger partial charge in [0.2, 0.25) is 0 Å². The first-order chi connectivity index (χ1) is 7.61. The van der Waals surface area contributed by atoms with E-state index in [9.17, 15) is 4.79 Å². The van der Waals surface area contributed by atoms with E-state index in [4.69, 9.17) is 0 Å². The lowest BCUT2D eigenvalue weighted by Crippen LogP contribution is -2.04.